The summed E-state index contributed by atoms with van der Waals surface area (Å²) >= 11 is 0. The van der Waals surface area contributed by atoms with Crippen LogP contribution in [0.15, 0.2) is 12.1 Å². The molecule has 1 rings (SSSR count). The van der Waals surface area contributed by atoms with Crippen molar-refractivity contribution in [1.29, 1.82) is 0 Å². The molecular weight excluding hydrogens is 253 g/mol. The van der Waals surface area contributed by atoms with E-state index < -0.39 is 24.6 Å². The minimum Gasteiger partial charge on any atom is -0.496 e. The molecule has 0 heterocycles. The quantitative estimate of drug-likeness (QED) is 0.848. The Labute approximate surface area is 110 Å². The van der Waals surface area contributed by atoms with Gasteiger partial charge in [0.2, 0.25) is 0 Å². The fraction of sp³-hybridized carbons (Fsp3) is 0.385. The number of carboxylic acid groups (broad SMARTS) is 1. The maximum absolute atomic E-state index is 12.4. The van der Waals surface area contributed by atoms with Crippen LogP contribution in [0.5, 0.6) is 5.75 Å². The van der Waals surface area contributed by atoms with Crippen LogP contribution in [0.1, 0.15) is 21.5 Å². The van der Waals surface area contributed by atoms with Gasteiger partial charge in [-0.05, 0) is 37.1 Å². The van der Waals surface area contributed by atoms with Crippen LogP contribution in [-0.2, 0) is 4.79 Å². The summed E-state index contributed by atoms with van der Waals surface area (Å²) in [5.41, 5.74) is 1.77. The molecule has 5 nitrogen and oxygen atoms in total. The molecule has 0 aliphatic rings. The van der Waals surface area contributed by atoms with E-state index in [-0.39, 0.29) is 5.56 Å². The molecule has 0 spiro atoms. The van der Waals surface area contributed by atoms with Crippen molar-refractivity contribution in [3.8, 4) is 5.75 Å². The first kappa shape index (κ1) is 14.9. The van der Waals surface area contributed by atoms with Gasteiger partial charge >= 0.3 is 5.97 Å². The van der Waals surface area contributed by atoms with Crippen LogP contribution in [0.4, 0.5) is 4.39 Å². The molecule has 19 heavy (non-hydrogen) atoms. The third-order valence-electron chi connectivity index (χ3n) is 2.68. The van der Waals surface area contributed by atoms with Gasteiger partial charge in [-0.1, -0.05) is 0 Å². The van der Waals surface area contributed by atoms with Crippen molar-refractivity contribution in [1.82, 2.24) is 5.32 Å². The van der Waals surface area contributed by atoms with Gasteiger partial charge in [-0.2, -0.15) is 0 Å². The van der Waals surface area contributed by atoms with E-state index in [1.54, 1.807) is 26.0 Å². The number of ether oxygens (including phenoxy) is 1. The SMILES string of the molecule is COc1c(C)cc(C(=O)NC(CF)C(=O)O)cc1C. The molecule has 0 radical (unpaired) electrons. The number of carbonyl (C=O) groups excluding carboxylic acids is 1. The van der Waals surface area contributed by atoms with E-state index >= 15 is 0 Å². The van der Waals surface area contributed by atoms with E-state index in [4.69, 9.17) is 9.84 Å². The number of halogens is 1. The third kappa shape index (κ3) is 3.43. The molecule has 0 aliphatic heterocycles. The Morgan fingerprint density at radius 2 is 1.89 bits per heavy atom. The second-order valence-electron chi connectivity index (χ2n) is 4.16. The van der Waals surface area contributed by atoms with E-state index in [2.05, 4.69) is 5.32 Å². The third-order valence-corrected chi connectivity index (χ3v) is 2.68. The summed E-state index contributed by atoms with van der Waals surface area (Å²) in [6, 6.07) is 1.60. The first-order chi connectivity index (χ1) is 8.90. The maximum atomic E-state index is 12.4. The lowest BCUT2D eigenvalue weighted by Crippen LogP contribution is -2.42. The van der Waals surface area contributed by atoms with Crippen LogP contribution in [0.2, 0.25) is 0 Å². The van der Waals surface area contributed by atoms with Crippen molar-refractivity contribution in [2.75, 3.05) is 13.8 Å². The molecule has 0 bridgehead atoms. The van der Waals surface area contributed by atoms with Gasteiger partial charge in [0.15, 0.2) is 6.04 Å². The number of alkyl halides is 1. The molecule has 1 amide bonds. The number of aliphatic carboxylic acids is 1. The first-order valence-corrected chi connectivity index (χ1v) is 5.65. The predicted octanol–water partition coefficient (Wildman–Crippen LogP) is 1.46. The number of methoxy groups -OCH3 is 1. The zero-order chi connectivity index (χ0) is 14.6. The second-order valence-corrected chi connectivity index (χ2v) is 4.16. The van der Waals surface area contributed by atoms with Gasteiger partial charge in [0.1, 0.15) is 12.4 Å². The Kier molecular flexibility index (Phi) is 4.86. The van der Waals surface area contributed by atoms with Crippen molar-refractivity contribution < 1.29 is 23.8 Å². The Hall–Kier alpha value is -2.11. The number of nitrogens with one attached hydrogen (secondary N) is 1. The summed E-state index contributed by atoms with van der Waals surface area (Å²) in [6.07, 6.45) is 0. The highest BCUT2D eigenvalue weighted by Crippen LogP contribution is 2.24. The molecule has 0 saturated heterocycles. The van der Waals surface area contributed by atoms with Gasteiger partial charge < -0.3 is 15.2 Å². The summed E-state index contributed by atoms with van der Waals surface area (Å²) in [5.74, 6) is -1.37. The fourth-order valence-electron chi connectivity index (χ4n) is 1.81. The van der Waals surface area contributed by atoms with Crippen LogP contribution in [0.3, 0.4) is 0 Å². The van der Waals surface area contributed by atoms with E-state index in [0.29, 0.717) is 5.75 Å². The van der Waals surface area contributed by atoms with Crippen molar-refractivity contribution >= 4 is 11.9 Å². The van der Waals surface area contributed by atoms with Gasteiger partial charge in [-0.3, -0.25) is 4.79 Å². The molecule has 0 aliphatic carbocycles. The maximum Gasteiger partial charge on any atom is 0.328 e. The molecule has 0 aromatic heterocycles. The first-order valence-electron chi connectivity index (χ1n) is 5.65. The monoisotopic (exact) mass is 269 g/mol. The number of rotatable bonds is 5. The topological polar surface area (TPSA) is 75.6 Å². The molecule has 0 fully saturated rings. The number of carbonyl (C=O) groups is 2. The number of carboxylic acids is 1. The summed E-state index contributed by atoms with van der Waals surface area (Å²) in [7, 11) is 1.53. The number of benzene rings is 1. The number of hydrogen-bond donors (Lipinski definition) is 2. The van der Waals surface area contributed by atoms with E-state index in [0.717, 1.165) is 11.1 Å². The molecule has 1 atom stereocenters. The van der Waals surface area contributed by atoms with E-state index in [1.807, 2.05) is 0 Å². The Morgan fingerprint density at radius 3 is 2.26 bits per heavy atom. The van der Waals surface area contributed by atoms with Gasteiger partial charge in [0, 0.05) is 5.56 Å². The highest BCUT2D eigenvalue weighted by atomic mass is 19.1. The zero-order valence-electron chi connectivity index (χ0n) is 11.0. The summed E-state index contributed by atoms with van der Waals surface area (Å²) in [5, 5.41) is 10.8. The van der Waals surface area contributed by atoms with Gasteiger partial charge in [0.05, 0.1) is 7.11 Å². The highest BCUT2D eigenvalue weighted by molar-refractivity contribution is 5.97. The van der Waals surface area contributed by atoms with Crippen LogP contribution in [0.25, 0.3) is 0 Å². The number of hydrogen-bond acceptors (Lipinski definition) is 3. The summed E-state index contributed by atoms with van der Waals surface area (Å²) in [6.45, 7) is 2.38. The van der Waals surface area contributed by atoms with Crippen molar-refractivity contribution in [3.63, 3.8) is 0 Å². The Bertz CT molecular complexity index is 478. The molecule has 1 aromatic carbocycles. The van der Waals surface area contributed by atoms with Gasteiger partial charge in [-0.15, -0.1) is 0 Å². The Balaban J connectivity index is 2.98. The minimum atomic E-state index is -1.53. The van der Waals surface area contributed by atoms with Crippen molar-refractivity contribution in [2.24, 2.45) is 0 Å². The largest absolute Gasteiger partial charge is 0.496 e. The fourth-order valence-corrected chi connectivity index (χ4v) is 1.81. The molecule has 104 valence electrons. The number of aryl methyl sites for hydroxylation is 2. The highest BCUT2D eigenvalue weighted by Gasteiger charge is 2.21. The van der Waals surface area contributed by atoms with Gasteiger partial charge in [0.25, 0.3) is 5.91 Å². The van der Waals surface area contributed by atoms with Crippen LogP contribution in [-0.4, -0.2) is 36.8 Å². The Morgan fingerprint density at radius 1 is 1.37 bits per heavy atom. The average molecular weight is 269 g/mol. The van der Waals surface area contributed by atoms with Gasteiger partial charge in [-0.25, -0.2) is 9.18 Å². The van der Waals surface area contributed by atoms with Crippen LogP contribution < -0.4 is 10.1 Å². The van der Waals surface area contributed by atoms with Crippen molar-refractivity contribution in [3.05, 3.63) is 28.8 Å². The zero-order valence-corrected chi connectivity index (χ0v) is 11.0. The molecule has 2 N–H and O–H groups in total. The minimum absolute atomic E-state index is 0.274. The average Bonchev–Trinajstić information content (AvgIpc) is 2.34. The molecule has 1 aromatic rings. The summed E-state index contributed by atoms with van der Waals surface area (Å²) in [4.78, 5) is 22.5. The normalized spacial score (nSPS) is 11.8. The van der Waals surface area contributed by atoms with E-state index in [9.17, 15) is 14.0 Å². The lowest BCUT2D eigenvalue weighted by atomic mass is 10.0. The van der Waals surface area contributed by atoms with Crippen molar-refractivity contribution in [2.45, 2.75) is 19.9 Å². The summed E-state index contributed by atoms with van der Waals surface area (Å²) < 4.78 is 17.6. The lowest BCUT2D eigenvalue weighted by molar-refractivity contribution is -0.139. The second kappa shape index (κ2) is 6.17. The molecule has 6 heteroatoms. The lowest BCUT2D eigenvalue weighted by Gasteiger charge is -2.13. The van der Waals surface area contributed by atoms with E-state index in [1.165, 1.54) is 7.11 Å². The predicted molar refractivity (Wildman–Crippen MR) is 67.3 cm³/mol. The van der Waals surface area contributed by atoms with Crippen LogP contribution in [0, 0.1) is 13.8 Å². The van der Waals surface area contributed by atoms with Crippen LogP contribution >= 0.6 is 0 Å². The smallest absolute Gasteiger partial charge is 0.328 e. The molecule has 1 unspecified atom stereocenters. The number of amides is 1. The molecule has 0 saturated carbocycles. The molecular formula is C13H16FNO4. The standard InChI is InChI=1S/C13H16FNO4/c1-7-4-9(5-8(2)11(7)19-3)12(16)15-10(6-14)13(17)18/h4-5,10H,6H2,1-3H3,(H,15,16)(H,17,18).